The molecule has 2 atom stereocenters. The molecule has 6 nitrogen and oxygen atoms in total. The number of piperidine rings is 1. The van der Waals surface area contributed by atoms with Crippen molar-refractivity contribution in [2.24, 2.45) is 5.41 Å². The molecule has 136 valence electrons. The average Bonchev–Trinajstić information content (AvgIpc) is 3.07. The Morgan fingerprint density at radius 3 is 2.71 bits per heavy atom. The number of amides is 2. The minimum Gasteiger partial charge on any atom is -0.379 e. The first-order valence-corrected chi connectivity index (χ1v) is 9.52. The van der Waals surface area contributed by atoms with Crippen LogP contribution in [0.2, 0.25) is 0 Å². The fraction of sp³-hybridized carbons (Fsp3) is 0.889. The molecule has 0 aromatic heterocycles. The van der Waals surface area contributed by atoms with E-state index in [4.69, 9.17) is 4.74 Å². The van der Waals surface area contributed by atoms with E-state index >= 15 is 0 Å². The lowest BCUT2D eigenvalue weighted by Gasteiger charge is -2.40. The van der Waals surface area contributed by atoms with Gasteiger partial charge in [-0.2, -0.15) is 0 Å². The van der Waals surface area contributed by atoms with Crippen molar-refractivity contribution in [2.45, 2.75) is 64.0 Å². The van der Waals surface area contributed by atoms with Gasteiger partial charge in [0.2, 0.25) is 11.8 Å². The van der Waals surface area contributed by atoms with Crippen LogP contribution in [0.1, 0.15) is 51.9 Å². The monoisotopic (exact) mass is 337 g/mol. The lowest BCUT2D eigenvalue weighted by Crippen LogP contribution is -2.54. The number of ether oxygens (including phenoxy) is 1. The highest BCUT2D eigenvalue weighted by atomic mass is 16.5. The van der Waals surface area contributed by atoms with Crippen LogP contribution in [0, 0.1) is 5.41 Å². The minimum absolute atomic E-state index is 0.0105. The van der Waals surface area contributed by atoms with E-state index in [9.17, 15) is 9.59 Å². The fourth-order valence-corrected chi connectivity index (χ4v) is 4.37. The Balaban J connectivity index is 1.82. The summed E-state index contributed by atoms with van der Waals surface area (Å²) in [5.41, 5.74) is -0.284. The Morgan fingerprint density at radius 2 is 1.92 bits per heavy atom. The molecule has 3 saturated heterocycles. The number of carbonyl (C=O) groups excluding carboxylic acids is 2. The van der Waals surface area contributed by atoms with Gasteiger partial charge in [-0.15, -0.1) is 0 Å². The van der Waals surface area contributed by atoms with Crippen molar-refractivity contribution in [1.82, 2.24) is 15.5 Å². The smallest absolute Gasteiger partial charge is 0.243 e. The molecule has 0 aromatic carbocycles. The van der Waals surface area contributed by atoms with E-state index in [1.54, 1.807) is 0 Å². The second-order valence-corrected chi connectivity index (χ2v) is 7.63. The summed E-state index contributed by atoms with van der Waals surface area (Å²) in [4.78, 5) is 28.0. The van der Waals surface area contributed by atoms with Gasteiger partial charge in [-0.05, 0) is 58.5 Å². The first-order chi connectivity index (χ1) is 11.6. The topological polar surface area (TPSA) is 70.7 Å². The zero-order valence-electron chi connectivity index (χ0n) is 14.8. The van der Waals surface area contributed by atoms with Crippen molar-refractivity contribution in [3.05, 3.63) is 0 Å². The van der Waals surface area contributed by atoms with E-state index in [2.05, 4.69) is 10.6 Å². The van der Waals surface area contributed by atoms with Crippen LogP contribution in [-0.4, -0.2) is 61.6 Å². The SMILES string of the molecule is C[C@@H]1COCCCCC2(CCNCC2)C(=O)N2CCC[C@H]2C(=O)N1. The van der Waals surface area contributed by atoms with Crippen molar-refractivity contribution in [3.63, 3.8) is 0 Å². The van der Waals surface area contributed by atoms with Crippen LogP contribution in [0.15, 0.2) is 0 Å². The predicted molar refractivity (Wildman–Crippen MR) is 91.5 cm³/mol. The van der Waals surface area contributed by atoms with Gasteiger partial charge in [-0.3, -0.25) is 9.59 Å². The van der Waals surface area contributed by atoms with Gasteiger partial charge in [-0.1, -0.05) is 6.42 Å². The molecule has 0 bridgehead atoms. The Hall–Kier alpha value is -1.14. The van der Waals surface area contributed by atoms with Crippen molar-refractivity contribution >= 4 is 11.8 Å². The molecule has 0 saturated carbocycles. The van der Waals surface area contributed by atoms with Gasteiger partial charge in [-0.25, -0.2) is 0 Å². The van der Waals surface area contributed by atoms with Gasteiger partial charge >= 0.3 is 0 Å². The molecule has 3 fully saturated rings. The number of fused-ring (bicyclic) bond motifs is 1. The van der Waals surface area contributed by atoms with Gasteiger partial charge < -0.3 is 20.3 Å². The summed E-state index contributed by atoms with van der Waals surface area (Å²) in [6, 6.07) is -0.309. The van der Waals surface area contributed by atoms with Crippen LogP contribution in [0.3, 0.4) is 0 Å². The number of hydrogen-bond donors (Lipinski definition) is 2. The summed E-state index contributed by atoms with van der Waals surface area (Å²) in [6.07, 6.45) is 6.37. The maximum atomic E-state index is 13.4. The van der Waals surface area contributed by atoms with Gasteiger partial charge in [0.05, 0.1) is 12.0 Å². The van der Waals surface area contributed by atoms with Crippen LogP contribution in [0.5, 0.6) is 0 Å². The minimum atomic E-state index is -0.299. The molecule has 24 heavy (non-hydrogen) atoms. The average molecular weight is 337 g/mol. The number of carbonyl (C=O) groups is 2. The van der Waals surface area contributed by atoms with Gasteiger partial charge in [0.15, 0.2) is 0 Å². The highest BCUT2D eigenvalue weighted by Gasteiger charge is 2.46. The lowest BCUT2D eigenvalue weighted by molar-refractivity contribution is -0.149. The fourth-order valence-electron chi connectivity index (χ4n) is 4.37. The Kier molecular flexibility index (Phi) is 5.76. The first-order valence-electron chi connectivity index (χ1n) is 9.52. The third-order valence-corrected chi connectivity index (χ3v) is 5.78. The molecule has 0 aliphatic carbocycles. The van der Waals surface area contributed by atoms with E-state index in [-0.39, 0.29) is 29.3 Å². The van der Waals surface area contributed by atoms with Crippen molar-refractivity contribution in [1.29, 1.82) is 0 Å². The first kappa shape index (κ1) is 17.7. The van der Waals surface area contributed by atoms with Crippen LogP contribution >= 0.6 is 0 Å². The van der Waals surface area contributed by atoms with Crippen molar-refractivity contribution in [2.75, 3.05) is 32.8 Å². The molecule has 1 spiro atoms. The molecule has 0 unspecified atom stereocenters. The lowest BCUT2D eigenvalue weighted by atomic mass is 9.73. The summed E-state index contributed by atoms with van der Waals surface area (Å²) in [5.74, 6) is 0.203. The van der Waals surface area contributed by atoms with E-state index in [0.717, 1.165) is 64.6 Å². The zero-order valence-corrected chi connectivity index (χ0v) is 14.8. The molecule has 0 radical (unpaired) electrons. The second kappa shape index (κ2) is 7.83. The van der Waals surface area contributed by atoms with Crippen LogP contribution in [0.25, 0.3) is 0 Å². The molecule has 0 aromatic rings. The maximum absolute atomic E-state index is 13.4. The van der Waals surface area contributed by atoms with Crippen LogP contribution in [-0.2, 0) is 14.3 Å². The molecule has 2 N–H and O–H groups in total. The van der Waals surface area contributed by atoms with Crippen molar-refractivity contribution in [3.8, 4) is 0 Å². The molecular weight excluding hydrogens is 306 g/mol. The quantitative estimate of drug-likeness (QED) is 0.693. The van der Waals surface area contributed by atoms with E-state index in [1.807, 2.05) is 11.8 Å². The largest absolute Gasteiger partial charge is 0.379 e. The third kappa shape index (κ3) is 3.75. The molecular formula is C18H31N3O3. The van der Waals surface area contributed by atoms with Gasteiger partial charge in [0.25, 0.3) is 0 Å². The molecule has 3 aliphatic rings. The number of hydrogen-bond acceptors (Lipinski definition) is 4. The Labute approximate surface area is 144 Å². The van der Waals surface area contributed by atoms with E-state index < -0.39 is 0 Å². The summed E-state index contributed by atoms with van der Waals surface area (Å²) in [7, 11) is 0. The Morgan fingerprint density at radius 1 is 1.12 bits per heavy atom. The number of rotatable bonds is 0. The predicted octanol–water partition coefficient (Wildman–Crippen LogP) is 1.05. The van der Waals surface area contributed by atoms with Gasteiger partial charge in [0.1, 0.15) is 6.04 Å². The summed E-state index contributed by atoms with van der Waals surface area (Å²) in [6.45, 7) is 5.72. The summed E-state index contributed by atoms with van der Waals surface area (Å²) < 4.78 is 5.70. The maximum Gasteiger partial charge on any atom is 0.243 e. The van der Waals surface area contributed by atoms with E-state index in [0.29, 0.717) is 13.2 Å². The molecule has 6 heteroatoms. The molecule has 3 heterocycles. The summed E-state index contributed by atoms with van der Waals surface area (Å²) in [5, 5.41) is 6.40. The summed E-state index contributed by atoms with van der Waals surface area (Å²) >= 11 is 0. The highest BCUT2D eigenvalue weighted by Crippen LogP contribution is 2.38. The standard InChI is InChI=1S/C18H31N3O3/c1-14-13-24-12-3-2-6-18(7-9-19-10-8-18)17(23)21-11-4-5-15(21)16(22)20-14/h14-15,19H,2-13H2,1H3,(H,20,22)/t14-,15+/m1/s1. The Bertz CT molecular complexity index is 462. The van der Waals surface area contributed by atoms with Crippen molar-refractivity contribution < 1.29 is 14.3 Å². The third-order valence-electron chi connectivity index (χ3n) is 5.78. The van der Waals surface area contributed by atoms with Crippen LogP contribution < -0.4 is 10.6 Å². The zero-order chi connectivity index (χ0) is 17.0. The molecule has 3 aliphatic heterocycles. The normalized spacial score (nSPS) is 32.5. The number of nitrogens with zero attached hydrogens (tertiary/aromatic N) is 1. The number of nitrogens with one attached hydrogen (secondary N) is 2. The van der Waals surface area contributed by atoms with Crippen LogP contribution in [0.4, 0.5) is 0 Å². The second-order valence-electron chi connectivity index (χ2n) is 7.63. The highest BCUT2D eigenvalue weighted by molar-refractivity contribution is 5.91. The van der Waals surface area contributed by atoms with Gasteiger partial charge in [0, 0.05) is 19.2 Å². The molecule has 3 rings (SSSR count). The van der Waals surface area contributed by atoms with E-state index in [1.165, 1.54) is 0 Å². The molecule has 2 amide bonds.